The summed E-state index contributed by atoms with van der Waals surface area (Å²) in [6.45, 7) is 25.8. The van der Waals surface area contributed by atoms with Crippen LogP contribution in [0.15, 0.2) is 128 Å². The molecular formula is C58H59N5OPt-2. The van der Waals surface area contributed by atoms with Gasteiger partial charge in [0, 0.05) is 41.3 Å². The van der Waals surface area contributed by atoms with Gasteiger partial charge < -0.3 is 9.30 Å². The molecule has 0 fully saturated rings. The van der Waals surface area contributed by atoms with Crippen molar-refractivity contribution in [1.82, 2.24) is 19.1 Å². The Morgan fingerprint density at radius 1 is 0.600 bits per heavy atom. The second-order valence-corrected chi connectivity index (χ2v) is 21.1. The minimum atomic E-state index is -1.61. The summed E-state index contributed by atoms with van der Waals surface area (Å²) < 4.78 is 31.2. The average molecular weight is 1040 g/mol. The minimum absolute atomic E-state index is 0. The van der Waals surface area contributed by atoms with Crippen LogP contribution in [-0.4, -0.2) is 19.1 Å². The predicted molar refractivity (Wildman–Crippen MR) is 262 cm³/mol. The van der Waals surface area contributed by atoms with Gasteiger partial charge in [-0.3, -0.25) is 14.1 Å². The Kier molecular flexibility index (Phi) is 11.2. The van der Waals surface area contributed by atoms with Gasteiger partial charge in [0.05, 0.1) is 22.5 Å². The smallest absolute Gasteiger partial charge is 0.269 e. The molecule has 0 N–H and O–H groups in total. The second-order valence-electron chi connectivity index (χ2n) is 21.1. The molecule has 65 heavy (non-hydrogen) atoms. The van der Waals surface area contributed by atoms with Crippen LogP contribution in [0.4, 0.5) is 0 Å². The van der Waals surface area contributed by atoms with Crippen molar-refractivity contribution in [1.29, 1.82) is 0 Å². The van der Waals surface area contributed by atoms with Crippen LogP contribution in [0.2, 0.25) is 0 Å². The predicted octanol–water partition coefficient (Wildman–Crippen LogP) is 14.1. The van der Waals surface area contributed by atoms with Crippen LogP contribution in [0.1, 0.15) is 108 Å². The molecular weight excluding hydrogens is 978 g/mol. The third-order valence-electron chi connectivity index (χ3n) is 11.8. The van der Waals surface area contributed by atoms with Crippen molar-refractivity contribution < 1.29 is 33.1 Å². The van der Waals surface area contributed by atoms with Crippen molar-refractivity contribution in [2.75, 3.05) is 0 Å². The van der Waals surface area contributed by atoms with E-state index in [9.17, 15) is 2.74 Å². The number of aromatic nitrogens is 5. The Hall–Kier alpha value is -5.84. The average Bonchev–Trinajstić information content (AvgIpc) is 3.81. The van der Waals surface area contributed by atoms with E-state index < -0.39 is 11.8 Å². The van der Waals surface area contributed by atoms with Crippen LogP contribution in [0.3, 0.4) is 0 Å². The van der Waals surface area contributed by atoms with Gasteiger partial charge >= 0.3 is 0 Å². The molecule has 0 aliphatic carbocycles. The molecule has 4 aromatic heterocycles. The fourth-order valence-electron chi connectivity index (χ4n) is 8.27. The number of hydrogen-bond donors (Lipinski definition) is 0. The first kappa shape index (κ1) is 43.1. The molecule has 0 spiro atoms. The first-order chi connectivity index (χ1) is 31.0. The summed E-state index contributed by atoms with van der Waals surface area (Å²) in [4.78, 5) is 9.72. The molecule has 0 amide bonds. The van der Waals surface area contributed by atoms with Gasteiger partial charge in [0.2, 0.25) is 0 Å². The number of nitrogens with zero attached hydrogens (tertiary/aromatic N) is 5. The molecule has 0 unspecified atom stereocenters. The summed E-state index contributed by atoms with van der Waals surface area (Å²) in [5.74, 6) is 2.28. The second kappa shape index (κ2) is 16.9. The van der Waals surface area contributed by atoms with E-state index in [4.69, 9.17) is 14.7 Å². The zero-order valence-electron chi connectivity index (χ0n) is 41.6. The normalized spacial score (nSPS) is 13.2. The molecule has 0 atom stereocenters. The van der Waals surface area contributed by atoms with Crippen LogP contribution in [0.5, 0.6) is 11.5 Å². The number of hydrogen-bond acceptors (Lipinski definition) is 3. The molecule has 0 radical (unpaired) electrons. The van der Waals surface area contributed by atoms with E-state index in [0.29, 0.717) is 22.9 Å². The molecule has 4 heterocycles. The Labute approximate surface area is 402 Å². The van der Waals surface area contributed by atoms with E-state index in [2.05, 4.69) is 164 Å². The first-order valence-electron chi connectivity index (χ1n) is 23.2. The maximum absolute atomic E-state index is 9.23. The summed E-state index contributed by atoms with van der Waals surface area (Å²) in [6.07, 6.45) is 5.63. The van der Waals surface area contributed by atoms with Gasteiger partial charge in [0.15, 0.2) is 0 Å². The minimum Gasteiger partial charge on any atom is -0.522 e. The Morgan fingerprint density at radius 2 is 1.26 bits per heavy atom. The molecule has 9 aromatic rings. The van der Waals surface area contributed by atoms with Gasteiger partial charge in [-0.05, 0) is 103 Å². The zero-order valence-corrected chi connectivity index (χ0v) is 41.9. The summed E-state index contributed by atoms with van der Waals surface area (Å²) in [6, 6.07) is 46.8. The fraction of sp³-hybridized carbons (Fsp3) is 0.293. The molecule has 7 heteroatoms. The van der Waals surface area contributed by atoms with Crippen molar-refractivity contribution in [3.8, 4) is 39.9 Å². The Morgan fingerprint density at radius 3 is 1.94 bits per heavy atom. The maximum Gasteiger partial charge on any atom is 0.269 e. The van der Waals surface area contributed by atoms with E-state index in [0.717, 1.165) is 55.5 Å². The van der Waals surface area contributed by atoms with E-state index in [-0.39, 0.29) is 37.3 Å². The van der Waals surface area contributed by atoms with Gasteiger partial charge in [0.1, 0.15) is 5.82 Å². The Bertz CT molecular complexity index is 3270. The van der Waals surface area contributed by atoms with E-state index in [1.165, 1.54) is 16.7 Å². The topological polar surface area (TPSA) is 48.8 Å². The summed E-state index contributed by atoms with van der Waals surface area (Å²) in [7, 11) is 0. The van der Waals surface area contributed by atoms with Crippen LogP contribution in [0, 0.1) is 23.9 Å². The third kappa shape index (κ3) is 9.34. The molecule has 0 aliphatic heterocycles. The molecule has 6 nitrogen and oxygen atoms in total. The van der Waals surface area contributed by atoms with Crippen molar-refractivity contribution in [3.05, 3.63) is 168 Å². The van der Waals surface area contributed by atoms with Crippen molar-refractivity contribution >= 4 is 32.8 Å². The fourth-order valence-corrected chi connectivity index (χ4v) is 8.27. The SMILES string of the molecule is [2H]C([2H])(c1ccc2c(c1)[n+](-c1cc(C(C)(C)C)cc(C(C)(C)C)c1)[c-]n2-c1[c-]c(Oc2[c-]c3c(cc2)c2cc(-c4ccccc4)ccc2n3-c2cc(C(C)(C)C)ccn2)ccn1)C(C)(C)C.[Pt]. The van der Waals surface area contributed by atoms with Crippen molar-refractivity contribution in [3.63, 3.8) is 0 Å². The third-order valence-corrected chi connectivity index (χ3v) is 11.8. The molecule has 5 aromatic carbocycles. The van der Waals surface area contributed by atoms with Gasteiger partial charge in [-0.1, -0.05) is 161 Å². The molecule has 9 rings (SSSR count). The van der Waals surface area contributed by atoms with Gasteiger partial charge in [-0.15, -0.1) is 17.5 Å². The van der Waals surface area contributed by atoms with Gasteiger partial charge in [-0.25, -0.2) is 4.98 Å². The molecule has 334 valence electrons. The molecule has 0 saturated heterocycles. The van der Waals surface area contributed by atoms with Crippen LogP contribution < -0.4 is 9.30 Å². The number of ether oxygens (including phenoxy) is 1. The number of imidazole rings is 1. The number of fused-ring (bicyclic) bond motifs is 4. The van der Waals surface area contributed by atoms with Crippen LogP contribution in [0.25, 0.3) is 61.3 Å². The number of pyridine rings is 2. The van der Waals surface area contributed by atoms with Gasteiger partial charge in [-0.2, -0.15) is 18.2 Å². The summed E-state index contributed by atoms with van der Waals surface area (Å²) in [5.41, 5.74) is 9.96. The van der Waals surface area contributed by atoms with E-state index >= 15 is 0 Å². The van der Waals surface area contributed by atoms with E-state index in [1.807, 2.05) is 66.4 Å². The zero-order chi connectivity index (χ0) is 47.1. The molecule has 0 saturated carbocycles. The quantitative estimate of drug-likeness (QED) is 0.118. The van der Waals surface area contributed by atoms with E-state index in [1.54, 1.807) is 12.3 Å². The van der Waals surface area contributed by atoms with Gasteiger partial charge in [0.25, 0.3) is 6.33 Å². The number of benzene rings is 5. The Balaban J connectivity index is 0.00000608. The number of rotatable bonds is 7. The van der Waals surface area contributed by atoms with Crippen LogP contribution >= 0.6 is 0 Å². The monoisotopic (exact) mass is 1040 g/mol. The molecule has 0 aliphatic rings. The standard InChI is InChI=1S/C58H59N5O.Pt/c1-55(2,3)36-38-18-22-50-52(28-38)61(44-31-42(57(7,8)9)30-43(32-44)58(10,11)12)37-62(50)53-35-46(25-27-59-53)64-45-20-21-47-48-29-40(39-16-14-13-15-17-39)19-23-49(48)63(51(47)34-45)54-33-41(24-26-60-54)56(4,5)6;/h13-33H,36H2,1-12H3;/q-2;/i36D2;. The summed E-state index contributed by atoms with van der Waals surface area (Å²) >= 11 is 0. The largest absolute Gasteiger partial charge is 0.522 e. The van der Waals surface area contributed by atoms with Crippen molar-refractivity contribution in [2.24, 2.45) is 5.41 Å². The molecule has 0 bridgehead atoms. The van der Waals surface area contributed by atoms with Crippen molar-refractivity contribution in [2.45, 2.75) is 106 Å². The first-order valence-corrected chi connectivity index (χ1v) is 22.2. The maximum atomic E-state index is 9.23. The summed E-state index contributed by atoms with van der Waals surface area (Å²) in [5, 5.41) is 2.13. The van der Waals surface area contributed by atoms with Crippen LogP contribution in [-0.2, 0) is 43.7 Å².